The van der Waals surface area contributed by atoms with Crippen LogP contribution in [-0.4, -0.2) is 36.9 Å². The van der Waals surface area contributed by atoms with E-state index in [9.17, 15) is 13.2 Å². The third-order valence-corrected chi connectivity index (χ3v) is 6.00. The molecule has 1 aromatic rings. The molecule has 0 unspecified atom stereocenters. The van der Waals surface area contributed by atoms with Crippen molar-refractivity contribution in [2.75, 3.05) is 13.1 Å². The molecule has 2 heterocycles. The molecule has 2 rings (SSSR count). The van der Waals surface area contributed by atoms with Crippen molar-refractivity contribution in [3.63, 3.8) is 0 Å². The highest BCUT2D eigenvalue weighted by Gasteiger charge is 2.38. The summed E-state index contributed by atoms with van der Waals surface area (Å²) >= 11 is 0.938. The average Bonchev–Trinajstić information content (AvgIpc) is 2.83. The lowest BCUT2D eigenvalue weighted by Crippen LogP contribution is -2.31. The van der Waals surface area contributed by atoms with Gasteiger partial charge >= 0.3 is 5.97 Å². The Morgan fingerprint density at radius 2 is 2.17 bits per heavy atom. The van der Waals surface area contributed by atoms with Gasteiger partial charge in [0.15, 0.2) is 0 Å². The van der Waals surface area contributed by atoms with Crippen LogP contribution in [0.25, 0.3) is 0 Å². The van der Waals surface area contributed by atoms with Gasteiger partial charge in [0, 0.05) is 13.1 Å². The molecule has 0 aliphatic carbocycles. The van der Waals surface area contributed by atoms with Crippen molar-refractivity contribution < 1.29 is 18.3 Å². The van der Waals surface area contributed by atoms with Crippen LogP contribution in [0, 0.1) is 5.41 Å². The summed E-state index contributed by atoms with van der Waals surface area (Å²) in [5.41, 5.74) is -0.0491. The topological polar surface area (TPSA) is 74.7 Å². The first-order valence-electron chi connectivity index (χ1n) is 5.55. The smallest absolute Gasteiger partial charge is 0.347 e. The Balaban J connectivity index is 2.38. The first-order chi connectivity index (χ1) is 8.24. The molecule has 0 spiro atoms. The van der Waals surface area contributed by atoms with Gasteiger partial charge in [0.2, 0.25) is 10.0 Å². The SMILES string of the molecule is CC1(C)CCN(S(=O)(=O)c2ccsc2C(=O)O)C1. The highest BCUT2D eigenvalue weighted by molar-refractivity contribution is 7.89. The number of rotatable bonds is 3. The van der Waals surface area contributed by atoms with Gasteiger partial charge in [0.1, 0.15) is 9.77 Å². The maximum atomic E-state index is 12.4. The van der Waals surface area contributed by atoms with Gasteiger partial charge in [-0.15, -0.1) is 11.3 Å². The largest absolute Gasteiger partial charge is 0.477 e. The van der Waals surface area contributed by atoms with E-state index < -0.39 is 16.0 Å². The average molecular weight is 289 g/mol. The van der Waals surface area contributed by atoms with E-state index in [4.69, 9.17) is 5.11 Å². The molecule has 1 aliphatic heterocycles. The molecule has 0 bridgehead atoms. The van der Waals surface area contributed by atoms with E-state index in [2.05, 4.69) is 0 Å². The summed E-state index contributed by atoms with van der Waals surface area (Å²) in [5.74, 6) is -1.19. The Kier molecular flexibility index (Phi) is 3.25. The van der Waals surface area contributed by atoms with Gasteiger partial charge in [-0.05, 0) is 23.3 Å². The second kappa shape index (κ2) is 4.32. The lowest BCUT2D eigenvalue weighted by molar-refractivity contribution is 0.0698. The van der Waals surface area contributed by atoms with Crippen molar-refractivity contribution in [1.82, 2.24) is 4.31 Å². The number of carboxylic acids is 1. The maximum Gasteiger partial charge on any atom is 0.347 e. The lowest BCUT2D eigenvalue weighted by Gasteiger charge is -2.19. The van der Waals surface area contributed by atoms with Gasteiger partial charge in [-0.3, -0.25) is 0 Å². The minimum absolute atomic E-state index is 0.0491. The zero-order chi connectivity index (χ0) is 13.6. The zero-order valence-corrected chi connectivity index (χ0v) is 11.8. The van der Waals surface area contributed by atoms with Crippen LogP contribution in [0.15, 0.2) is 16.3 Å². The molecule has 0 aromatic carbocycles. The molecule has 100 valence electrons. The van der Waals surface area contributed by atoms with E-state index in [0.29, 0.717) is 13.1 Å². The normalized spacial score (nSPS) is 20.1. The highest BCUT2D eigenvalue weighted by atomic mass is 32.2. The monoisotopic (exact) mass is 289 g/mol. The van der Waals surface area contributed by atoms with Crippen LogP contribution >= 0.6 is 11.3 Å². The molecule has 1 fully saturated rings. The van der Waals surface area contributed by atoms with E-state index in [0.717, 1.165) is 17.8 Å². The van der Waals surface area contributed by atoms with E-state index in [1.807, 2.05) is 13.8 Å². The summed E-state index contributed by atoms with van der Waals surface area (Å²) in [5, 5.41) is 10.5. The number of carboxylic acid groups (broad SMARTS) is 1. The fourth-order valence-electron chi connectivity index (χ4n) is 2.06. The molecule has 1 aromatic heterocycles. The fraction of sp³-hybridized carbons (Fsp3) is 0.545. The molecule has 7 heteroatoms. The van der Waals surface area contributed by atoms with Crippen LogP contribution in [0.4, 0.5) is 0 Å². The number of carbonyl (C=O) groups is 1. The van der Waals surface area contributed by atoms with Crippen molar-refractivity contribution >= 4 is 27.3 Å². The summed E-state index contributed by atoms with van der Waals surface area (Å²) in [7, 11) is -3.68. The second-order valence-electron chi connectivity index (χ2n) is 5.17. The molecule has 0 saturated carbocycles. The summed E-state index contributed by atoms with van der Waals surface area (Å²) in [4.78, 5) is 10.8. The number of aromatic carboxylic acids is 1. The molecule has 18 heavy (non-hydrogen) atoms. The van der Waals surface area contributed by atoms with Crippen molar-refractivity contribution in [2.24, 2.45) is 5.41 Å². The maximum absolute atomic E-state index is 12.4. The Hall–Kier alpha value is -0.920. The van der Waals surface area contributed by atoms with Crippen LogP contribution in [0.2, 0.25) is 0 Å². The number of hydrogen-bond donors (Lipinski definition) is 1. The fourth-order valence-corrected chi connectivity index (χ4v) is 4.93. The summed E-state index contributed by atoms with van der Waals surface area (Å²) in [6, 6.07) is 1.37. The van der Waals surface area contributed by atoms with Gasteiger partial charge in [0.25, 0.3) is 0 Å². The number of hydrogen-bond acceptors (Lipinski definition) is 4. The van der Waals surface area contributed by atoms with E-state index in [1.165, 1.54) is 15.8 Å². The summed E-state index contributed by atoms with van der Waals surface area (Å²) < 4.78 is 26.1. The number of nitrogens with zero attached hydrogens (tertiary/aromatic N) is 1. The molecular weight excluding hydrogens is 274 g/mol. The second-order valence-corrected chi connectivity index (χ2v) is 7.99. The first-order valence-corrected chi connectivity index (χ1v) is 7.87. The molecule has 0 radical (unpaired) electrons. The predicted octanol–water partition coefficient (Wildman–Crippen LogP) is 1.87. The molecule has 0 atom stereocenters. The Bertz CT molecular complexity index is 574. The van der Waals surface area contributed by atoms with Gasteiger partial charge in [-0.1, -0.05) is 13.8 Å². The number of thiophene rings is 1. The van der Waals surface area contributed by atoms with Crippen LogP contribution in [0.1, 0.15) is 29.9 Å². The van der Waals surface area contributed by atoms with E-state index in [-0.39, 0.29) is 15.2 Å². The van der Waals surface area contributed by atoms with Crippen LogP contribution in [0.5, 0.6) is 0 Å². The zero-order valence-electron chi connectivity index (χ0n) is 10.2. The summed E-state index contributed by atoms with van der Waals surface area (Å²) in [6.07, 6.45) is 0.790. The molecule has 1 aliphatic rings. The van der Waals surface area contributed by atoms with Gasteiger partial charge in [0.05, 0.1) is 0 Å². The third-order valence-electron chi connectivity index (χ3n) is 3.08. The summed E-state index contributed by atoms with van der Waals surface area (Å²) in [6.45, 7) is 4.90. The minimum atomic E-state index is -3.68. The van der Waals surface area contributed by atoms with Gasteiger partial charge < -0.3 is 5.11 Å². The molecular formula is C11H15NO4S2. The standard InChI is InChI=1S/C11H15NO4S2/c1-11(2)4-5-12(7-11)18(15,16)8-3-6-17-9(8)10(13)14/h3,6H,4-5,7H2,1-2H3,(H,13,14). The van der Waals surface area contributed by atoms with Gasteiger partial charge in [-0.2, -0.15) is 4.31 Å². The predicted molar refractivity (Wildman–Crippen MR) is 68.4 cm³/mol. The number of sulfonamides is 1. The van der Waals surface area contributed by atoms with Crippen molar-refractivity contribution in [1.29, 1.82) is 0 Å². The molecule has 1 N–H and O–H groups in total. The Morgan fingerprint density at radius 3 is 2.67 bits per heavy atom. The van der Waals surface area contributed by atoms with Crippen LogP contribution in [0.3, 0.4) is 0 Å². The Labute approximate surface area is 110 Å². The van der Waals surface area contributed by atoms with Crippen molar-refractivity contribution in [2.45, 2.75) is 25.2 Å². The Morgan fingerprint density at radius 1 is 1.50 bits per heavy atom. The van der Waals surface area contributed by atoms with Crippen molar-refractivity contribution in [3.8, 4) is 0 Å². The van der Waals surface area contributed by atoms with Crippen molar-refractivity contribution in [3.05, 3.63) is 16.3 Å². The van der Waals surface area contributed by atoms with Gasteiger partial charge in [-0.25, -0.2) is 13.2 Å². The third kappa shape index (κ3) is 2.30. The van der Waals surface area contributed by atoms with Crippen LogP contribution in [-0.2, 0) is 10.0 Å². The lowest BCUT2D eigenvalue weighted by atomic mass is 9.93. The minimum Gasteiger partial charge on any atom is -0.477 e. The molecule has 1 saturated heterocycles. The highest BCUT2D eigenvalue weighted by Crippen LogP contribution is 2.34. The van der Waals surface area contributed by atoms with E-state index in [1.54, 1.807) is 0 Å². The van der Waals surface area contributed by atoms with E-state index >= 15 is 0 Å². The van der Waals surface area contributed by atoms with Crippen LogP contribution < -0.4 is 0 Å². The quantitative estimate of drug-likeness (QED) is 0.921. The first kappa shape index (κ1) is 13.5. The molecule has 0 amide bonds. The molecule has 5 nitrogen and oxygen atoms in total.